The van der Waals surface area contributed by atoms with Crippen molar-refractivity contribution >= 4 is 21.7 Å². The summed E-state index contributed by atoms with van der Waals surface area (Å²) in [6, 6.07) is 17.6. The number of rotatable bonds is 1. The van der Waals surface area contributed by atoms with Crippen LogP contribution in [0.15, 0.2) is 48.5 Å². The van der Waals surface area contributed by atoms with Gasteiger partial charge >= 0.3 is 0 Å². The molecule has 0 fully saturated rings. The fourth-order valence-corrected chi connectivity index (χ4v) is 3.83. The summed E-state index contributed by atoms with van der Waals surface area (Å²) in [7, 11) is 0. The molecule has 4 aromatic rings. The largest absolute Gasteiger partial charge is 0.233 e. The summed E-state index contributed by atoms with van der Waals surface area (Å²) in [6.07, 6.45) is 0. The summed E-state index contributed by atoms with van der Waals surface area (Å²) in [4.78, 5) is 9.69. The minimum Gasteiger partial charge on any atom is -0.233 e. The Bertz CT molecular complexity index is 1180. The summed E-state index contributed by atoms with van der Waals surface area (Å²) in [5, 5.41) is 3.57. The Morgan fingerprint density at radius 3 is 2.33 bits per heavy atom. The highest BCUT2D eigenvalue weighted by Gasteiger charge is 2.17. The molecule has 1 aromatic heterocycles. The van der Waals surface area contributed by atoms with E-state index < -0.39 is 0 Å². The number of hydrogen-bond donors (Lipinski definition) is 0. The normalized spacial score (nSPS) is 12.1. The van der Waals surface area contributed by atoms with Crippen molar-refractivity contribution in [2.75, 3.05) is 0 Å². The lowest BCUT2D eigenvalue weighted by molar-refractivity contribution is 0.590. The summed E-state index contributed by atoms with van der Waals surface area (Å²) in [5.41, 5.74) is 7.19. The van der Waals surface area contributed by atoms with Crippen molar-refractivity contribution < 1.29 is 0 Å². The van der Waals surface area contributed by atoms with E-state index >= 15 is 0 Å². The van der Waals surface area contributed by atoms with Crippen molar-refractivity contribution in [3.8, 4) is 11.3 Å². The van der Waals surface area contributed by atoms with Gasteiger partial charge < -0.3 is 0 Å². The van der Waals surface area contributed by atoms with E-state index in [9.17, 15) is 0 Å². The van der Waals surface area contributed by atoms with Gasteiger partial charge in [0.1, 0.15) is 5.82 Å². The molecule has 0 amide bonds. The second-order valence-corrected chi connectivity index (χ2v) is 8.59. The molecule has 2 heteroatoms. The molecule has 0 aliphatic rings. The quantitative estimate of drug-likeness (QED) is 0.357. The summed E-state index contributed by atoms with van der Waals surface area (Å²) >= 11 is 0. The van der Waals surface area contributed by atoms with E-state index in [1.165, 1.54) is 33.0 Å². The van der Waals surface area contributed by atoms with Crippen LogP contribution in [0.1, 0.15) is 43.3 Å². The van der Waals surface area contributed by atoms with Crippen LogP contribution in [0.2, 0.25) is 0 Å². The van der Waals surface area contributed by atoms with E-state index in [1.807, 2.05) is 6.92 Å². The van der Waals surface area contributed by atoms with E-state index in [-0.39, 0.29) is 5.41 Å². The van der Waals surface area contributed by atoms with Crippen LogP contribution in [0.25, 0.3) is 32.9 Å². The summed E-state index contributed by atoms with van der Waals surface area (Å²) in [6.45, 7) is 13.1. The minimum atomic E-state index is 0.0991. The predicted molar refractivity (Wildman–Crippen MR) is 115 cm³/mol. The van der Waals surface area contributed by atoms with Crippen molar-refractivity contribution in [1.29, 1.82) is 0 Å². The maximum atomic E-state index is 4.86. The first-order valence-electron chi connectivity index (χ1n) is 9.53. The molecule has 136 valence electrons. The smallest absolute Gasteiger partial charge is 0.126 e. The molecule has 4 rings (SSSR count). The fraction of sp³-hybridized carbons (Fsp3) is 0.280. The van der Waals surface area contributed by atoms with Gasteiger partial charge in [-0.25, -0.2) is 9.97 Å². The highest BCUT2D eigenvalue weighted by atomic mass is 14.9. The average molecular weight is 354 g/mol. The number of fused-ring (bicyclic) bond motifs is 3. The third-order valence-corrected chi connectivity index (χ3v) is 5.25. The molecule has 0 N–H and O–H groups in total. The predicted octanol–water partition coefficient (Wildman–Crippen LogP) is 6.67. The van der Waals surface area contributed by atoms with Gasteiger partial charge in [0.2, 0.25) is 0 Å². The fourth-order valence-electron chi connectivity index (χ4n) is 3.83. The summed E-state index contributed by atoms with van der Waals surface area (Å²) in [5.74, 6) is 0.812. The van der Waals surface area contributed by atoms with E-state index in [1.54, 1.807) is 0 Å². The Morgan fingerprint density at radius 2 is 1.59 bits per heavy atom. The van der Waals surface area contributed by atoms with Gasteiger partial charge in [0.25, 0.3) is 0 Å². The molecule has 0 spiro atoms. The second kappa shape index (κ2) is 6.16. The lowest BCUT2D eigenvalue weighted by Gasteiger charge is -2.21. The average Bonchev–Trinajstić information content (AvgIpc) is 2.59. The van der Waals surface area contributed by atoms with Crippen LogP contribution >= 0.6 is 0 Å². The molecule has 0 atom stereocenters. The number of nitrogens with zero attached hydrogens (tertiary/aromatic N) is 2. The molecular formula is C25H26N2. The van der Waals surface area contributed by atoms with Crippen LogP contribution < -0.4 is 0 Å². The molecule has 0 bridgehead atoms. The van der Waals surface area contributed by atoms with Gasteiger partial charge in [-0.1, -0.05) is 56.7 Å². The zero-order valence-corrected chi connectivity index (χ0v) is 17.0. The molecule has 0 saturated heterocycles. The van der Waals surface area contributed by atoms with E-state index in [4.69, 9.17) is 9.97 Å². The molecule has 0 unspecified atom stereocenters. The first-order valence-corrected chi connectivity index (χ1v) is 9.53. The maximum Gasteiger partial charge on any atom is 0.126 e. The highest BCUT2D eigenvalue weighted by molar-refractivity contribution is 6.10. The maximum absolute atomic E-state index is 4.86. The summed E-state index contributed by atoms with van der Waals surface area (Å²) < 4.78 is 0. The third-order valence-electron chi connectivity index (χ3n) is 5.25. The molecule has 3 aromatic carbocycles. The number of aromatic nitrogens is 2. The van der Waals surface area contributed by atoms with E-state index in [0.29, 0.717) is 0 Å². The monoisotopic (exact) mass is 354 g/mol. The van der Waals surface area contributed by atoms with E-state index in [2.05, 4.69) is 83.1 Å². The number of benzene rings is 3. The van der Waals surface area contributed by atoms with Crippen molar-refractivity contribution in [3.63, 3.8) is 0 Å². The Hall–Kier alpha value is -2.74. The van der Waals surface area contributed by atoms with Gasteiger partial charge in [-0.05, 0) is 60.9 Å². The third kappa shape index (κ3) is 3.10. The molecule has 0 aliphatic carbocycles. The molecular weight excluding hydrogens is 328 g/mol. The topological polar surface area (TPSA) is 25.8 Å². The van der Waals surface area contributed by atoms with Crippen LogP contribution in [0, 0.1) is 20.8 Å². The molecule has 0 saturated carbocycles. The Morgan fingerprint density at radius 1 is 0.815 bits per heavy atom. The Kier molecular flexibility index (Phi) is 4.03. The molecule has 0 radical (unpaired) electrons. The zero-order chi connectivity index (χ0) is 19.3. The van der Waals surface area contributed by atoms with Crippen LogP contribution in [0.5, 0.6) is 0 Å². The van der Waals surface area contributed by atoms with Crippen molar-refractivity contribution in [3.05, 3.63) is 71.0 Å². The Labute approximate surface area is 161 Å². The van der Waals surface area contributed by atoms with Gasteiger partial charge in [0, 0.05) is 16.3 Å². The van der Waals surface area contributed by atoms with Gasteiger partial charge in [0.05, 0.1) is 11.2 Å². The lowest BCUT2D eigenvalue weighted by Crippen LogP contribution is -2.11. The van der Waals surface area contributed by atoms with Gasteiger partial charge in [0.15, 0.2) is 0 Å². The van der Waals surface area contributed by atoms with Crippen LogP contribution in [-0.4, -0.2) is 9.97 Å². The van der Waals surface area contributed by atoms with Gasteiger partial charge in [-0.3, -0.25) is 0 Å². The van der Waals surface area contributed by atoms with Crippen LogP contribution in [0.3, 0.4) is 0 Å². The van der Waals surface area contributed by atoms with Crippen molar-refractivity contribution in [1.82, 2.24) is 9.97 Å². The van der Waals surface area contributed by atoms with Crippen molar-refractivity contribution in [2.45, 2.75) is 47.0 Å². The molecule has 0 aliphatic heterocycles. The first-order chi connectivity index (χ1) is 12.7. The number of aryl methyl sites for hydroxylation is 3. The van der Waals surface area contributed by atoms with Crippen LogP contribution in [-0.2, 0) is 5.41 Å². The number of hydrogen-bond acceptors (Lipinski definition) is 2. The second-order valence-electron chi connectivity index (χ2n) is 8.59. The van der Waals surface area contributed by atoms with Crippen molar-refractivity contribution in [2.24, 2.45) is 0 Å². The molecule has 1 heterocycles. The molecule has 27 heavy (non-hydrogen) atoms. The SMILES string of the molecule is Cc1cc(-c2nc(C)nc3c2ccc2cccc(C)c23)cc(C(C)(C)C)c1. The van der Waals surface area contributed by atoms with Gasteiger partial charge in [-0.2, -0.15) is 0 Å². The van der Waals surface area contributed by atoms with Gasteiger partial charge in [-0.15, -0.1) is 0 Å². The Balaban J connectivity index is 2.09. The highest BCUT2D eigenvalue weighted by Crippen LogP contribution is 2.35. The molecule has 2 nitrogen and oxygen atoms in total. The standard InChI is InChI=1S/C25H26N2/c1-15-12-19(14-20(13-15)25(4,5)6)23-21-11-10-18-9-7-8-16(2)22(18)24(21)27-17(3)26-23/h7-14H,1-6H3. The van der Waals surface area contributed by atoms with Crippen LogP contribution in [0.4, 0.5) is 0 Å². The first kappa shape index (κ1) is 17.7. The van der Waals surface area contributed by atoms with E-state index in [0.717, 1.165) is 22.4 Å². The lowest BCUT2D eigenvalue weighted by atomic mass is 9.84. The minimum absolute atomic E-state index is 0.0991. The zero-order valence-electron chi connectivity index (χ0n) is 17.0.